The van der Waals surface area contributed by atoms with E-state index in [1.807, 2.05) is 12.3 Å². The first-order valence-corrected chi connectivity index (χ1v) is 6.85. The van der Waals surface area contributed by atoms with E-state index in [1.165, 1.54) is 0 Å². The highest BCUT2D eigenvalue weighted by atomic mass is 32.1. The summed E-state index contributed by atoms with van der Waals surface area (Å²) < 4.78 is 5.83. The van der Waals surface area contributed by atoms with Gasteiger partial charge in [-0.05, 0) is 19.8 Å². The Balaban J connectivity index is 2.02. The third-order valence-electron chi connectivity index (χ3n) is 3.34. The molecule has 2 rings (SSSR count). The summed E-state index contributed by atoms with van der Waals surface area (Å²) in [6, 6.07) is 0. The van der Waals surface area contributed by atoms with Crippen molar-refractivity contribution in [2.45, 2.75) is 50.7 Å². The van der Waals surface area contributed by atoms with Crippen molar-refractivity contribution in [2.24, 2.45) is 0 Å². The average molecular weight is 241 g/mol. The highest BCUT2D eigenvalue weighted by Crippen LogP contribution is 2.37. The van der Waals surface area contributed by atoms with Crippen LogP contribution in [0.4, 0.5) is 0 Å². The van der Waals surface area contributed by atoms with Gasteiger partial charge in [0.15, 0.2) is 0 Å². The van der Waals surface area contributed by atoms with Crippen LogP contribution >= 0.6 is 11.3 Å². The SMILES string of the molecule is CCOC1(C(O)Cc2nccs2)CCCC1. The predicted molar refractivity (Wildman–Crippen MR) is 64.6 cm³/mol. The maximum atomic E-state index is 10.3. The number of hydrogen-bond acceptors (Lipinski definition) is 4. The van der Waals surface area contributed by atoms with Crippen molar-refractivity contribution in [1.29, 1.82) is 0 Å². The molecule has 0 aliphatic heterocycles. The molecule has 1 aliphatic carbocycles. The average Bonchev–Trinajstić information content (AvgIpc) is 2.89. The number of ether oxygens (including phenoxy) is 1. The Bertz CT molecular complexity index is 307. The molecule has 1 heterocycles. The van der Waals surface area contributed by atoms with E-state index in [4.69, 9.17) is 4.74 Å². The van der Waals surface area contributed by atoms with Crippen LogP contribution in [0.5, 0.6) is 0 Å². The number of hydrogen-bond donors (Lipinski definition) is 1. The molecule has 0 bridgehead atoms. The first-order valence-electron chi connectivity index (χ1n) is 5.97. The zero-order chi connectivity index (χ0) is 11.4. The van der Waals surface area contributed by atoms with Crippen LogP contribution < -0.4 is 0 Å². The Morgan fingerprint density at radius 2 is 2.31 bits per heavy atom. The van der Waals surface area contributed by atoms with Crippen LogP contribution in [0.3, 0.4) is 0 Å². The van der Waals surface area contributed by atoms with Crippen molar-refractivity contribution in [2.75, 3.05) is 6.61 Å². The molecule has 0 spiro atoms. The number of rotatable bonds is 5. The lowest BCUT2D eigenvalue weighted by atomic mass is 9.92. The molecule has 1 aromatic rings. The minimum Gasteiger partial charge on any atom is -0.390 e. The fraction of sp³-hybridized carbons (Fsp3) is 0.750. The van der Waals surface area contributed by atoms with Crippen molar-refractivity contribution in [3.8, 4) is 0 Å². The highest BCUT2D eigenvalue weighted by Gasteiger charge is 2.41. The van der Waals surface area contributed by atoms with E-state index in [0.717, 1.165) is 30.7 Å². The Kier molecular flexibility index (Phi) is 3.95. The third kappa shape index (κ3) is 2.44. The fourth-order valence-electron chi connectivity index (χ4n) is 2.54. The molecule has 1 aromatic heterocycles. The predicted octanol–water partition coefficient (Wildman–Crippen LogP) is 2.40. The van der Waals surface area contributed by atoms with Crippen molar-refractivity contribution in [3.05, 3.63) is 16.6 Å². The second-order valence-corrected chi connectivity index (χ2v) is 5.33. The molecule has 1 aliphatic rings. The second kappa shape index (κ2) is 5.25. The van der Waals surface area contributed by atoms with Gasteiger partial charge in [0.1, 0.15) is 0 Å². The third-order valence-corrected chi connectivity index (χ3v) is 4.14. The van der Waals surface area contributed by atoms with Crippen LogP contribution in [-0.2, 0) is 11.2 Å². The van der Waals surface area contributed by atoms with Crippen LogP contribution in [-0.4, -0.2) is 28.4 Å². The summed E-state index contributed by atoms with van der Waals surface area (Å²) in [5.74, 6) is 0. The minimum absolute atomic E-state index is 0.305. The first kappa shape index (κ1) is 12.0. The molecule has 90 valence electrons. The normalized spacial score (nSPS) is 21.1. The number of aliphatic hydroxyl groups is 1. The van der Waals surface area contributed by atoms with Crippen LogP contribution in [0.15, 0.2) is 11.6 Å². The largest absolute Gasteiger partial charge is 0.390 e. The molecule has 0 aromatic carbocycles. The van der Waals surface area contributed by atoms with Crippen LogP contribution in [0.2, 0.25) is 0 Å². The summed E-state index contributed by atoms with van der Waals surface area (Å²) in [4.78, 5) is 4.22. The van der Waals surface area contributed by atoms with Crippen molar-refractivity contribution in [1.82, 2.24) is 4.98 Å². The van der Waals surface area contributed by atoms with Crippen molar-refractivity contribution >= 4 is 11.3 Å². The zero-order valence-corrected chi connectivity index (χ0v) is 10.5. The van der Waals surface area contributed by atoms with Crippen LogP contribution in [0, 0.1) is 0 Å². The maximum Gasteiger partial charge on any atom is 0.0951 e. The van der Waals surface area contributed by atoms with Gasteiger partial charge in [0.05, 0.1) is 16.7 Å². The van der Waals surface area contributed by atoms with E-state index < -0.39 is 6.10 Å². The van der Waals surface area contributed by atoms with Gasteiger partial charge >= 0.3 is 0 Å². The summed E-state index contributed by atoms with van der Waals surface area (Å²) in [6.45, 7) is 2.67. The van der Waals surface area contributed by atoms with Gasteiger partial charge in [-0.2, -0.15) is 0 Å². The van der Waals surface area contributed by atoms with Gasteiger partial charge in [-0.3, -0.25) is 0 Å². The Morgan fingerprint density at radius 1 is 1.56 bits per heavy atom. The van der Waals surface area contributed by atoms with Crippen molar-refractivity contribution < 1.29 is 9.84 Å². The molecule has 1 N–H and O–H groups in total. The lowest BCUT2D eigenvalue weighted by Crippen LogP contribution is -2.43. The Morgan fingerprint density at radius 3 is 2.88 bits per heavy atom. The molecular formula is C12H19NO2S. The summed E-state index contributed by atoms with van der Waals surface area (Å²) in [5.41, 5.74) is -0.305. The van der Waals surface area contributed by atoms with E-state index in [9.17, 15) is 5.11 Å². The monoisotopic (exact) mass is 241 g/mol. The van der Waals surface area contributed by atoms with Gasteiger partial charge in [-0.1, -0.05) is 12.8 Å². The molecule has 1 fully saturated rings. The molecule has 1 saturated carbocycles. The molecule has 1 atom stereocenters. The zero-order valence-electron chi connectivity index (χ0n) is 9.69. The van der Waals surface area contributed by atoms with Gasteiger partial charge in [-0.15, -0.1) is 11.3 Å². The fourth-order valence-corrected chi connectivity index (χ4v) is 3.19. The molecule has 3 nitrogen and oxygen atoms in total. The summed E-state index contributed by atoms with van der Waals surface area (Å²) in [7, 11) is 0. The topological polar surface area (TPSA) is 42.4 Å². The molecule has 16 heavy (non-hydrogen) atoms. The molecule has 4 heteroatoms. The molecule has 0 radical (unpaired) electrons. The molecule has 0 saturated heterocycles. The summed E-state index contributed by atoms with van der Waals surface area (Å²) >= 11 is 1.60. The number of aromatic nitrogens is 1. The van der Waals surface area contributed by atoms with Gasteiger partial charge in [0.25, 0.3) is 0 Å². The lowest BCUT2D eigenvalue weighted by Gasteiger charge is -2.33. The number of nitrogens with zero attached hydrogens (tertiary/aromatic N) is 1. The first-order chi connectivity index (χ1) is 7.77. The Labute approximate surface area is 100 Å². The van der Waals surface area contributed by atoms with Gasteiger partial charge in [-0.25, -0.2) is 4.98 Å². The van der Waals surface area contributed by atoms with Gasteiger partial charge < -0.3 is 9.84 Å². The maximum absolute atomic E-state index is 10.3. The van der Waals surface area contributed by atoms with E-state index in [1.54, 1.807) is 17.5 Å². The standard InChI is InChI=1S/C12H19NO2S/c1-2-15-12(5-3-4-6-12)10(14)9-11-13-7-8-16-11/h7-8,10,14H,2-6,9H2,1H3. The van der Waals surface area contributed by atoms with E-state index >= 15 is 0 Å². The van der Waals surface area contributed by atoms with E-state index in [-0.39, 0.29) is 5.60 Å². The van der Waals surface area contributed by atoms with Gasteiger partial charge in [0, 0.05) is 24.6 Å². The summed E-state index contributed by atoms with van der Waals surface area (Å²) in [5, 5.41) is 13.3. The van der Waals surface area contributed by atoms with E-state index in [2.05, 4.69) is 4.98 Å². The molecule has 1 unspecified atom stereocenters. The smallest absolute Gasteiger partial charge is 0.0951 e. The summed E-state index contributed by atoms with van der Waals surface area (Å²) in [6.07, 6.45) is 6.28. The molecular weight excluding hydrogens is 222 g/mol. The van der Waals surface area contributed by atoms with E-state index in [0.29, 0.717) is 13.0 Å². The number of aliphatic hydroxyl groups excluding tert-OH is 1. The highest BCUT2D eigenvalue weighted by molar-refractivity contribution is 7.09. The number of thiazole rings is 1. The van der Waals surface area contributed by atoms with Crippen molar-refractivity contribution in [3.63, 3.8) is 0 Å². The second-order valence-electron chi connectivity index (χ2n) is 4.35. The van der Waals surface area contributed by atoms with Crippen LogP contribution in [0.1, 0.15) is 37.6 Å². The quantitative estimate of drug-likeness (QED) is 0.860. The lowest BCUT2D eigenvalue weighted by molar-refractivity contribution is -0.115. The minimum atomic E-state index is -0.416. The van der Waals surface area contributed by atoms with Gasteiger partial charge in [0.2, 0.25) is 0 Å². The molecule has 0 amide bonds. The Hall–Kier alpha value is -0.450. The van der Waals surface area contributed by atoms with Crippen LogP contribution in [0.25, 0.3) is 0 Å².